The number of hydrogen-bond donors (Lipinski definition) is 0. The van der Waals surface area contributed by atoms with E-state index >= 15 is 0 Å². The Morgan fingerprint density at radius 1 is 0.372 bits per heavy atom. The number of rotatable bonds is 3. The standard InChI is InChI=1S/C31H22.C12H12/c1-21-8-6-9-22(18-21)23-10-7-11-24(19-23)25-16-17-30-28-14-3-2-12-26(28)27-13-4-5-15-29(27)31(30)20-25;1-3-7-11(8-4-1)12-9-5-2-6-10-12/h2-20H,1H3;1,3-5,7-10H,2,6H2. The van der Waals surface area contributed by atoms with Crippen LogP contribution in [0.5, 0.6) is 0 Å². The van der Waals surface area contributed by atoms with Crippen molar-refractivity contribution in [2.45, 2.75) is 19.8 Å². The highest BCUT2D eigenvalue weighted by molar-refractivity contribution is 6.25. The molecule has 1 aliphatic rings. The zero-order chi connectivity index (χ0) is 29.0. The molecule has 0 fully saturated rings. The van der Waals surface area contributed by atoms with Gasteiger partial charge in [0.25, 0.3) is 0 Å². The smallest absolute Gasteiger partial charge is 0.00928 e. The molecule has 0 amide bonds. The molecule has 0 unspecified atom stereocenters. The van der Waals surface area contributed by atoms with E-state index in [1.54, 1.807) is 0 Å². The molecular formula is C43H34. The van der Waals surface area contributed by atoms with Crippen molar-refractivity contribution >= 4 is 37.9 Å². The third-order valence-electron chi connectivity index (χ3n) is 8.39. The van der Waals surface area contributed by atoms with E-state index in [4.69, 9.17) is 0 Å². The fraction of sp³-hybridized carbons (Fsp3) is 0.0698. The Morgan fingerprint density at radius 3 is 1.49 bits per heavy atom. The lowest BCUT2D eigenvalue weighted by atomic mass is 9.91. The Bertz CT molecular complexity index is 2090. The highest BCUT2D eigenvalue weighted by atomic mass is 14.1. The summed E-state index contributed by atoms with van der Waals surface area (Å²) in [6, 6.07) is 52.5. The molecule has 0 nitrogen and oxygen atoms in total. The first-order valence-electron chi connectivity index (χ1n) is 15.2. The van der Waals surface area contributed by atoms with Gasteiger partial charge in [-0.05, 0) is 97.6 Å². The monoisotopic (exact) mass is 550 g/mol. The van der Waals surface area contributed by atoms with Crippen molar-refractivity contribution < 1.29 is 0 Å². The minimum Gasteiger partial charge on any atom is -0.0836 e. The second-order valence-corrected chi connectivity index (χ2v) is 11.3. The normalized spacial score (nSPS) is 12.6. The van der Waals surface area contributed by atoms with E-state index in [-0.39, 0.29) is 0 Å². The molecule has 0 saturated heterocycles. The minimum atomic E-state index is 1.18. The number of benzene rings is 7. The molecule has 206 valence electrons. The van der Waals surface area contributed by atoms with Gasteiger partial charge in [0, 0.05) is 0 Å². The van der Waals surface area contributed by atoms with Crippen molar-refractivity contribution in [1.82, 2.24) is 0 Å². The molecule has 0 heteroatoms. The van der Waals surface area contributed by atoms with E-state index in [0.717, 1.165) is 0 Å². The number of allylic oxidation sites excluding steroid dienone is 4. The molecular weight excluding hydrogens is 516 g/mol. The lowest BCUT2D eigenvalue weighted by molar-refractivity contribution is 1.04. The first kappa shape index (κ1) is 26.7. The molecule has 7 aromatic rings. The maximum atomic E-state index is 2.36. The molecule has 0 heterocycles. The average molecular weight is 551 g/mol. The van der Waals surface area contributed by atoms with Gasteiger partial charge < -0.3 is 0 Å². The maximum absolute atomic E-state index is 2.36. The van der Waals surface area contributed by atoms with Crippen molar-refractivity contribution in [3.8, 4) is 22.3 Å². The van der Waals surface area contributed by atoms with Gasteiger partial charge in [-0.15, -0.1) is 0 Å². The van der Waals surface area contributed by atoms with E-state index in [1.807, 2.05) is 0 Å². The van der Waals surface area contributed by atoms with Crippen LogP contribution in [0.15, 0.2) is 164 Å². The van der Waals surface area contributed by atoms with Gasteiger partial charge in [0.2, 0.25) is 0 Å². The zero-order valence-corrected chi connectivity index (χ0v) is 24.5. The van der Waals surface area contributed by atoms with Gasteiger partial charge in [-0.2, -0.15) is 0 Å². The Kier molecular flexibility index (Phi) is 7.42. The summed E-state index contributed by atoms with van der Waals surface area (Å²) in [5.41, 5.74) is 8.99. The molecule has 0 radical (unpaired) electrons. The van der Waals surface area contributed by atoms with E-state index in [2.05, 4.69) is 171 Å². The van der Waals surface area contributed by atoms with Crippen molar-refractivity contribution in [1.29, 1.82) is 0 Å². The molecule has 0 saturated carbocycles. The van der Waals surface area contributed by atoms with Gasteiger partial charge in [0.1, 0.15) is 0 Å². The number of hydrogen-bond acceptors (Lipinski definition) is 0. The summed E-state index contributed by atoms with van der Waals surface area (Å²) < 4.78 is 0. The van der Waals surface area contributed by atoms with Crippen molar-refractivity contribution in [3.63, 3.8) is 0 Å². The molecule has 0 aromatic heterocycles. The third-order valence-corrected chi connectivity index (χ3v) is 8.39. The summed E-state index contributed by atoms with van der Waals surface area (Å²) in [4.78, 5) is 0. The zero-order valence-electron chi connectivity index (χ0n) is 24.5. The lowest BCUT2D eigenvalue weighted by Crippen LogP contribution is -1.86. The van der Waals surface area contributed by atoms with Crippen LogP contribution >= 0.6 is 0 Å². The van der Waals surface area contributed by atoms with Crippen LogP contribution in [0.3, 0.4) is 0 Å². The molecule has 7 aromatic carbocycles. The first-order valence-corrected chi connectivity index (χ1v) is 15.2. The summed E-state index contributed by atoms with van der Waals surface area (Å²) >= 11 is 0. The molecule has 0 aliphatic heterocycles. The summed E-state index contributed by atoms with van der Waals surface area (Å²) in [6.07, 6.45) is 9.12. The largest absolute Gasteiger partial charge is 0.0836 e. The molecule has 0 bridgehead atoms. The van der Waals surface area contributed by atoms with Crippen LogP contribution in [0.1, 0.15) is 24.0 Å². The molecule has 0 atom stereocenters. The molecule has 0 N–H and O–H groups in total. The van der Waals surface area contributed by atoms with Crippen LogP contribution < -0.4 is 0 Å². The predicted molar refractivity (Wildman–Crippen MR) is 187 cm³/mol. The lowest BCUT2D eigenvalue weighted by Gasteiger charge is -2.12. The molecule has 0 spiro atoms. The summed E-state index contributed by atoms with van der Waals surface area (Å²) in [7, 11) is 0. The Balaban J connectivity index is 0.000000209. The molecule has 43 heavy (non-hydrogen) atoms. The summed E-state index contributed by atoms with van der Waals surface area (Å²) in [6.45, 7) is 2.14. The Morgan fingerprint density at radius 2 is 0.884 bits per heavy atom. The first-order chi connectivity index (χ1) is 21.2. The highest BCUT2D eigenvalue weighted by Crippen LogP contribution is 2.37. The van der Waals surface area contributed by atoms with Crippen LogP contribution in [-0.2, 0) is 0 Å². The topological polar surface area (TPSA) is 0 Å². The van der Waals surface area contributed by atoms with Crippen LogP contribution in [0.4, 0.5) is 0 Å². The number of fused-ring (bicyclic) bond motifs is 6. The maximum Gasteiger partial charge on any atom is -0.00928 e. The highest BCUT2D eigenvalue weighted by Gasteiger charge is 2.10. The minimum absolute atomic E-state index is 1.18. The van der Waals surface area contributed by atoms with Crippen LogP contribution in [0.2, 0.25) is 0 Å². The van der Waals surface area contributed by atoms with Crippen LogP contribution in [0, 0.1) is 6.92 Å². The van der Waals surface area contributed by atoms with Crippen molar-refractivity contribution in [2.75, 3.05) is 0 Å². The van der Waals surface area contributed by atoms with Gasteiger partial charge in [0.05, 0.1) is 0 Å². The fourth-order valence-corrected chi connectivity index (χ4v) is 6.25. The molecule has 1 aliphatic carbocycles. The molecule has 8 rings (SSSR count). The average Bonchev–Trinajstić information content (AvgIpc) is 3.09. The van der Waals surface area contributed by atoms with Crippen molar-refractivity contribution in [3.05, 3.63) is 175 Å². The third kappa shape index (κ3) is 5.53. The van der Waals surface area contributed by atoms with Crippen LogP contribution in [0.25, 0.3) is 60.1 Å². The Labute approximate surface area is 254 Å². The quantitative estimate of drug-likeness (QED) is 0.192. The van der Waals surface area contributed by atoms with E-state index in [1.165, 1.54) is 84.1 Å². The van der Waals surface area contributed by atoms with Gasteiger partial charge in [-0.3, -0.25) is 0 Å². The van der Waals surface area contributed by atoms with E-state index < -0.39 is 0 Å². The fourth-order valence-electron chi connectivity index (χ4n) is 6.25. The van der Waals surface area contributed by atoms with Gasteiger partial charge >= 0.3 is 0 Å². The SMILES string of the molecule is C1=CC(c2ccccc2)=CCC1.Cc1cccc(-c2cccc(-c3ccc4c5ccccc5c5ccccc5c4c3)c2)c1. The Hall–Kier alpha value is -5.20. The van der Waals surface area contributed by atoms with Gasteiger partial charge in [-0.25, -0.2) is 0 Å². The summed E-state index contributed by atoms with van der Waals surface area (Å²) in [5.74, 6) is 0. The van der Waals surface area contributed by atoms with Gasteiger partial charge in [0.15, 0.2) is 0 Å². The predicted octanol–water partition coefficient (Wildman–Crippen LogP) is 12.2. The second kappa shape index (κ2) is 12.0. The van der Waals surface area contributed by atoms with Gasteiger partial charge in [-0.1, -0.05) is 157 Å². The second-order valence-electron chi connectivity index (χ2n) is 11.3. The van der Waals surface area contributed by atoms with Crippen molar-refractivity contribution in [2.24, 2.45) is 0 Å². The number of aryl methyl sites for hydroxylation is 1. The van der Waals surface area contributed by atoms with E-state index in [9.17, 15) is 0 Å². The van der Waals surface area contributed by atoms with E-state index in [0.29, 0.717) is 0 Å². The summed E-state index contributed by atoms with van der Waals surface area (Å²) in [5, 5.41) is 7.89. The van der Waals surface area contributed by atoms with Crippen LogP contribution in [-0.4, -0.2) is 0 Å².